The predicted octanol–water partition coefficient (Wildman–Crippen LogP) is 1.70. The SMILES string of the molecule is CSCC(C=O)N(C(=O)O)C(C)(C)C. The number of hydrogen-bond acceptors (Lipinski definition) is 3. The molecule has 0 heterocycles. The molecule has 0 spiro atoms. The third-order valence-electron chi connectivity index (χ3n) is 1.75. The van der Waals surface area contributed by atoms with E-state index in [1.807, 2.05) is 6.26 Å². The molecule has 5 heteroatoms. The molecular formula is C9H17NO3S. The Hall–Kier alpha value is -0.710. The molecule has 0 bridgehead atoms. The van der Waals surface area contributed by atoms with Crippen LogP contribution in [0.25, 0.3) is 0 Å². The van der Waals surface area contributed by atoms with Gasteiger partial charge in [0.2, 0.25) is 0 Å². The number of amides is 1. The van der Waals surface area contributed by atoms with Crippen LogP contribution in [0.5, 0.6) is 0 Å². The lowest BCUT2D eigenvalue weighted by molar-refractivity contribution is -0.112. The highest BCUT2D eigenvalue weighted by Crippen LogP contribution is 2.18. The Morgan fingerprint density at radius 3 is 2.29 bits per heavy atom. The maximum atomic E-state index is 11.0. The van der Waals surface area contributed by atoms with Gasteiger partial charge in [-0.2, -0.15) is 11.8 Å². The molecule has 1 N–H and O–H groups in total. The normalized spacial score (nSPS) is 13.4. The zero-order valence-electron chi connectivity index (χ0n) is 8.98. The van der Waals surface area contributed by atoms with E-state index in [4.69, 9.17) is 5.11 Å². The molecule has 0 saturated carbocycles. The number of rotatable bonds is 4. The Bertz CT molecular complexity index is 213. The molecule has 0 aliphatic carbocycles. The van der Waals surface area contributed by atoms with Gasteiger partial charge in [-0.25, -0.2) is 4.79 Å². The Morgan fingerprint density at radius 2 is 2.07 bits per heavy atom. The first kappa shape index (κ1) is 13.3. The fourth-order valence-corrected chi connectivity index (χ4v) is 1.84. The highest BCUT2D eigenvalue weighted by Gasteiger charge is 2.32. The number of hydrogen-bond donors (Lipinski definition) is 1. The molecule has 0 fully saturated rings. The van der Waals surface area contributed by atoms with Crippen LogP contribution in [0.2, 0.25) is 0 Å². The second kappa shape index (κ2) is 5.24. The summed E-state index contributed by atoms with van der Waals surface area (Å²) in [5.41, 5.74) is -0.548. The molecule has 0 rings (SSSR count). The summed E-state index contributed by atoms with van der Waals surface area (Å²) in [7, 11) is 0. The maximum absolute atomic E-state index is 11.0. The molecule has 0 aliphatic rings. The number of nitrogens with zero attached hydrogens (tertiary/aromatic N) is 1. The second-order valence-electron chi connectivity index (χ2n) is 3.98. The van der Waals surface area contributed by atoms with Crippen molar-refractivity contribution in [3.05, 3.63) is 0 Å². The van der Waals surface area contributed by atoms with Crippen LogP contribution >= 0.6 is 11.8 Å². The van der Waals surface area contributed by atoms with Gasteiger partial charge in [-0.15, -0.1) is 0 Å². The average molecular weight is 219 g/mol. The maximum Gasteiger partial charge on any atom is 0.408 e. The summed E-state index contributed by atoms with van der Waals surface area (Å²) in [6.45, 7) is 5.33. The summed E-state index contributed by atoms with van der Waals surface area (Å²) in [6.07, 6.45) is 1.48. The molecule has 4 nitrogen and oxygen atoms in total. The third kappa shape index (κ3) is 3.57. The minimum atomic E-state index is -1.05. The van der Waals surface area contributed by atoms with Crippen molar-refractivity contribution in [3.63, 3.8) is 0 Å². The summed E-state index contributed by atoms with van der Waals surface area (Å²) in [5, 5.41) is 8.99. The molecule has 0 aliphatic heterocycles. The summed E-state index contributed by atoms with van der Waals surface area (Å²) >= 11 is 1.46. The lowest BCUT2D eigenvalue weighted by Crippen LogP contribution is -2.52. The van der Waals surface area contributed by atoms with Crippen molar-refractivity contribution in [2.45, 2.75) is 32.4 Å². The topological polar surface area (TPSA) is 57.6 Å². The number of carboxylic acid groups (broad SMARTS) is 1. The van der Waals surface area contributed by atoms with Crippen molar-refractivity contribution in [1.29, 1.82) is 0 Å². The van der Waals surface area contributed by atoms with Crippen molar-refractivity contribution in [2.75, 3.05) is 12.0 Å². The van der Waals surface area contributed by atoms with E-state index < -0.39 is 17.7 Å². The van der Waals surface area contributed by atoms with E-state index in [1.54, 1.807) is 20.8 Å². The van der Waals surface area contributed by atoms with E-state index in [9.17, 15) is 9.59 Å². The van der Waals surface area contributed by atoms with Gasteiger partial charge in [0.25, 0.3) is 0 Å². The molecule has 1 atom stereocenters. The van der Waals surface area contributed by atoms with Gasteiger partial charge in [0.1, 0.15) is 12.3 Å². The zero-order chi connectivity index (χ0) is 11.4. The van der Waals surface area contributed by atoms with Gasteiger partial charge in [0, 0.05) is 11.3 Å². The molecule has 14 heavy (non-hydrogen) atoms. The molecule has 1 amide bonds. The van der Waals surface area contributed by atoms with Crippen molar-refractivity contribution in [2.24, 2.45) is 0 Å². The first-order valence-corrected chi connectivity index (χ1v) is 5.70. The van der Waals surface area contributed by atoms with E-state index in [1.165, 1.54) is 16.7 Å². The van der Waals surface area contributed by atoms with E-state index in [0.29, 0.717) is 12.0 Å². The molecule has 1 unspecified atom stereocenters. The predicted molar refractivity (Wildman–Crippen MR) is 57.9 cm³/mol. The van der Waals surface area contributed by atoms with Gasteiger partial charge >= 0.3 is 6.09 Å². The number of carbonyl (C=O) groups is 2. The molecule has 82 valence electrons. The van der Waals surface area contributed by atoms with Crippen LogP contribution in [0.1, 0.15) is 20.8 Å². The highest BCUT2D eigenvalue weighted by molar-refractivity contribution is 7.98. The average Bonchev–Trinajstić information content (AvgIpc) is 2.00. The van der Waals surface area contributed by atoms with Crippen LogP contribution in [-0.2, 0) is 4.79 Å². The Labute approximate surface area is 88.7 Å². The zero-order valence-corrected chi connectivity index (χ0v) is 9.80. The van der Waals surface area contributed by atoms with E-state index in [2.05, 4.69) is 0 Å². The third-order valence-corrected chi connectivity index (χ3v) is 2.43. The lowest BCUT2D eigenvalue weighted by atomic mass is 10.0. The summed E-state index contributed by atoms with van der Waals surface area (Å²) in [5.74, 6) is 0.493. The van der Waals surface area contributed by atoms with Gasteiger partial charge in [0.05, 0.1) is 0 Å². The summed E-state index contributed by atoms with van der Waals surface area (Å²) < 4.78 is 0. The van der Waals surface area contributed by atoms with E-state index >= 15 is 0 Å². The standard InChI is InChI=1S/C9H17NO3S/c1-9(2,3)10(8(12)13)7(5-11)6-14-4/h5,7H,6H2,1-4H3,(H,12,13). The minimum absolute atomic E-state index is 0.493. The van der Waals surface area contributed by atoms with Gasteiger partial charge in [0.15, 0.2) is 0 Å². The lowest BCUT2D eigenvalue weighted by Gasteiger charge is -2.36. The summed E-state index contributed by atoms with van der Waals surface area (Å²) in [6, 6.07) is -0.567. The molecule has 0 aromatic heterocycles. The fraction of sp³-hybridized carbons (Fsp3) is 0.778. The van der Waals surface area contributed by atoms with Crippen molar-refractivity contribution < 1.29 is 14.7 Å². The fourth-order valence-electron chi connectivity index (χ4n) is 1.27. The Kier molecular flexibility index (Phi) is 4.97. The number of aldehydes is 1. The van der Waals surface area contributed by atoms with Crippen LogP contribution in [0.15, 0.2) is 0 Å². The molecule has 0 aromatic carbocycles. The van der Waals surface area contributed by atoms with Gasteiger partial charge in [-0.05, 0) is 27.0 Å². The van der Waals surface area contributed by atoms with Gasteiger partial charge in [-0.3, -0.25) is 4.90 Å². The van der Waals surface area contributed by atoms with Crippen LogP contribution in [-0.4, -0.2) is 46.0 Å². The van der Waals surface area contributed by atoms with Crippen LogP contribution in [0.3, 0.4) is 0 Å². The van der Waals surface area contributed by atoms with Gasteiger partial charge in [-0.1, -0.05) is 0 Å². The quantitative estimate of drug-likeness (QED) is 0.731. The van der Waals surface area contributed by atoms with Crippen LogP contribution < -0.4 is 0 Å². The Balaban J connectivity index is 4.79. The largest absolute Gasteiger partial charge is 0.465 e. The smallest absolute Gasteiger partial charge is 0.408 e. The van der Waals surface area contributed by atoms with Crippen LogP contribution in [0.4, 0.5) is 4.79 Å². The molecule has 0 saturated heterocycles. The van der Waals surface area contributed by atoms with Crippen molar-refractivity contribution >= 4 is 24.1 Å². The number of carbonyl (C=O) groups excluding carboxylic acids is 1. The first-order valence-electron chi connectivity index (χ1n) is 4.31. The van der Waals surface area contributed by atoms with Crippen molar-refractivity contribution in [3.8, 4) is 0 Å². The van der Waals surface area contributed by atoms with Gasteiger partial charge < -0.3 is 9.90 Å². The highest BCUT2D eigenvalue weighted by atomic mass is 32.2. The monoisotopic (exact) mass is 219 g/mol. The molecular weight excluding hydrogens is 202 g/mol. The molecule has 0 radical (unpaired) electrons. The minimum Gasteiger partial charge on any atom is -0.465 e. The van der Waals surface area contributed by atoms with E-state index in [-0.39, 0.29) is 0 Å². The van der Waals surface area contributed by atoms with E-state index in [0.717, 1.165) is 0 Å². The first-order chi connectivity index (χ1) is 6.34. The molecule has 0 aromatic rings. The summed E-state index contributed by atoms with van der Waals surface area (Å²) in [4.78, 5) is 22.9. The second-order valence-corrected chi connectivity index (χ2v) is 4.89. The van der Waals surface area contributed by atoms with Crippen LogP contribution in [0, 0.1) is 0 Å². The van der Waals surface area contributed by atoms with Crippen molar-refractivity contribution in [1.82, 2.24) is 4.90 Å². The number of thioether (sulfide) groups is 1. The Morgan fingerprint density at radius 1 is 1.57 bits per heavy atom.